The number of carbonyl (C=O) groups is 1. The van der Waals surface area contributed by atoms with Crippen molar-refractivity contribution in [1.29, 1.82) is 0 Å². The summed E-state index contributed by atoms with van der Waals surface area (Å²) in [6, 6.07) is 7.53. The van der Waals surface area contributed by atoms with Crippen LogP contribution in [-0.4, -0.2) is 52.3 Å². The summed E-state index contributed by atoms with van der Waals surface area (Å²) in [5, 5.41) is 14.7. The maximum absolute atomic E-state index is 13.0. The molecule has 29 heavy (non-hydrogen) atoms. The molecule has 2 aromatic rings. The molecular formula is C24H33N3O2. The van der Waals surface area contributed by atoms with Crippen molar-refractivity contribution < 1.29 is 9.90 Å². The predicted octanol–water partition coefficient (Wildman–Crippen LogP) is 3.21. The number of likely N-dealkylation sites (N-methyl/N-ethyl adjacent to an activating group) is 1. The summed E-state index contributed by atoms with van der Waals surface area (Å²) in [6.07, 6.45) is 6.63. The monoisotopic (exact) mass is 395 g/mol. The minimum Gasteiger partial charge on any atom is -0.391 e. The molecule has 156 valence electrons. The zero-order valence-corrected chi connectivity index (χ0v) is 17.8. The second kappa shape index (κ2) is 7.13. The van der Waals surface area contributed by atoms with Gasteiger partial charge in [-0.1, -0.05) is 12.1 Å². The van der Waals surface area contributed by atoms with Crippen LogP contribution in [0.25, 0.3) is 10.9 Å². The number of aliphatic hydroxyl groups is 1. The van der Waals surface area contributed by atoms with Crippen LogP contribution in [0, 0.1) is 5.92 Å². The van der Waals surface area contributed by atoms with E-state index in [2.05, 4.69) is 60.1 Å². The Labute approximate surface area is 173 Å². The number of aromatic nitrogens is 1. The Morgan fingerprint density at radius 3 is 2.83 bits per heavy atom. The summed E-state index contributed by atoms with van der Waals surface area (Å²) in [4.78, 5) is 15.4. The number of aliphatic hydroxyl groups excluding tert-OH is 1. The molecule has 0 bridgehead atoms. The number of nitrogens with zero attached hydrogens (tertiary/aromatic N) is 2. The van der Waals surface area contributed by atoms with Crippen molar-refractivity contribution in [2.24, 2.45) is 5.92 Å². The van der Waals surface area contributed by atoms with E-state index in [0.717, 1.165) is 38.6 Å². The van der Waals surface area contributed by atoms with Gasteiger partial charge in [0.05, 0.1) is 18.1 Å². The number of hydrogen-bond donors (Lipinski definition) is 2. The van der Waals surface area contributed by atoms with E-state index in [9.17, 15) is 9.90 Å². The van der Waals surface area contributed by atoms with E-state index in [1.54, 1.807) is 0 Å². The number of hydrogen-bond acceptors (Lipinski definition) is 3. The standard InChI is InChI=1S/C24H33N3O2/c1-14(2)27-13-15-11-21-18(17-6-4-8-20(27)23(15)17)10-16(12-26(21)3)24(29)25-19-7-5-9-22(19)28/h4,6,8,13-14,16,18-19,21-22,28H,5,7,9-12H2,1-3H3,(H,25,29)/t16-,18+,19+,21-,22-/m1/s1. The van der Waals surface area contributed by atoms with Crippen LogP contribution in [0.5, 0.6) is 0 Å². The van der Waals surface area contributed by atoms with Crippen molar-refractivity contribution in [3.05, 3.63) is 35.5 Å². The molecule has 5 rings (SSSR count). The summed E-state index contributed by atoms with van der Waals surface area (Å²) in [5.41, 5.74) is 4.20. The Balaban J connectivity index is 1.45. The van der Waals surface area contributed by atoms with Crippen molar-refractivity contribution in [3.8, 4) is 0 Å². The molecule has 1 saturated heterocycles. The predicted molar refractivity (Wildman–Crippen MR) is 115 cm³/mol. The molecule has 0 radical (unpaired) electrons. The fourth-order valence-corrected chi connectivity index (χ4v) is 6.10. The van der Waals surface area contributed by atoms with Crippen LogP contribution in [0.3, 0.4) is 0 Å². The first-order chi connectivity index (χ1) is 13.9. The Hall–Kier alpha value is -1.85. The lowest BCUT2D eigenvalue weighted by atomic mass is 9.72. The van der Waals surface area contributed by atoms with Crippen LogP contribution in [0.4, 0.5) is 0 Å². The highest BCUT2D eigenvalue weighted by Gasteiger charge is 2.42. The number of benzene rings is 1. The van der Waals surface area contributed by atoms with Gasteiger partial charge >= 0.3 is 0 Å². The van der Waals surface area contributed by atoms with Crippen LogP contribution < -0.4 is 5.32 Å². The van der Waals surface area contributed by atoms with Crippen molar-refractivity contribution in [1.82, 2.24) is 14.8 Å². The number of piperidine rings is 1. The summed E-state index contributed by atoms with van der Waals surface area (Å²) in [6.45, 7) is 5.28. The minimum atomic E-state index is -0.380. The van der Waals surface area contributed by atoms with E-state index in [1.165, 1.54) is 22.0 Å². The molecular weight excluding hydrogens is 362 g/mol. The molecule has 2 N–H and O–H groups in total. The molecule has 1 aliphatic heterocycles. The molecule has 5 heteroatoms. The first-order valence-corrected chi connectivity index (χ1v) is 11.2. The third-order valence-corrected chi connectivity index (χ3v) is 7.61. The lowest BCUT2D eigenvalue weighted by Crippen LogP contribution is -2.53. The van der Waals surface area contributed by atoms with Gasteiger partial charge in [0, 0.05) is 41.6 Å². The van der Waals surface area contributed by atoms with Gasteiger partial charge in [0.1, 0.15) is 0 Å². The normalized spacial score (nSPS) is 32.0. The maximum Gasteiger partial charge on any atom is 0.224 e. The van der Waals surface area contributed by atoms with E-state index < -0.39 is 0 Å². The molecule has 5 nitrogen and oxygen atoms in total. The largest absolute Gasteiger partial charge is 0.391 e. The van der Waals surface area contributed by atoms with Gasteiger partial charge in [-0.05, 0) is 70.2 Å². The van der Waals surface area contributed by atoms with Crippen molar-refractivity contribution >= 4 is 16.8 Å². The van der Waals surface area contributed by atoms with Crippen LogP contribution >= 0.6 is 0 Å². The van der Waals surface area contributed by atoms with Crippen LogP contribution in [-0.2, 0) is 11.2 Å². The Bertz CT molecular complexity index is 934. The fourth-order valence-electron chi connectivity index (χ4n) is 6.10. The van der Waals surface area contributed by atoms with Crippen LogP contribution in [0.15, 0.2) is 24.4 Å². The third-order valence-electron chi connectivity index (χ3n) is 7.61. The second-order valence-electron chi connectivity index (χ2n) is 9.76. The van der Waals surface area contributed by atoms with Crippen LogP contribution in [0.1, 0.15) is 62.6 Å². The van der Waals surface area contributed by atoms with Gasteiger partial charge in [0.2, 0.25) is 5.91 Å². The molecule has 1 aromatic heterocycles. The number of likely N-dealkylation sites (tertiary alicyclic amines) is 1. The van der Waals surface area contributed by atoms with Crippen molar-refractivity contribution in [3.63, 3.8) is 0 Å². The maximum atomic E-state index is 13.0. The zero-order valence-electron chi connectivity index (χ0n) is 17.8. The van der Waals surface area contributed by atoms with E-state index >= 15 is 0 Å². The summed E-state index contributed by atoms with van der Waals surface area (Å²) < 4.78 is 2.40. The summed E-state index contributed by atoms with van der Waals surface area (Å²) in [7, 11) is 2.17. The summed E-state index contributed by atoms with van der Waals surface area (Å²) in [5.74, 6) is 0.495. The Morgan fingerprint density at radius 2 is 2.10 bits per heavy atom. The Morgan fingerprint density at radius 1 is 1.28 bits per heavy atom. The molecule has 5 atom stereocenters. The first-order valence-electron chi connectivity index (χ1n) is 11.2. The SMILES string of the molecule is CC(C)n1cc2c3c(cccc31)[C@@H]1C[C@@H](C(=O)N[C@H]3CCC[C@H]3O)CN(C)[C@@H]1C2. The fraction of sp³-hybridized carbons (Fsp3) is 0.625. The smallest absolute Gasteiger partial charge is 0.224 e. The lowest BCUT2D eigenvalue weighted by Gasteiger charge is -2.45. The van der Waals surface area contributed by atoms with Gasteiger partial charge in [-0.15, -0.1) is 0 Å². The Kier molecular flexibility index (Phi) is 4.71. The number of amides is 1. The molecule has 2 heterocycles. The van der Waals surface area contributed by atoms with Crippen molar-refractivity contribution in [2.75, 3.05) is 13.6 Å². The quantitative estimate of drug-likeness (QED) is 0.839. The molecule has 3 aliphatic rings. The average Bonchev–Trinajstić information content (AvgIpc) is 3.27. The van der Waals surface area contributed by atoms with Gasteiger partial charge < -0.3 is 19.9 Å². The number of carbonyl (C=O) groups excluding carboxylic acids is 1. The topological polar surface area (TPSA) is 57.5 Å². The molecule has 2 aliphatic carbocycles. The molecule has 1 amide bonds. The van der Waals surface area contributed by atoms with Gasteiger partial charge in [-0.3, -0.25) is 4.79 Å². The molecule has 0 unspecified atom stereocenters. The zero-order chi connectivity index (χ0) is 20.3. The first kappa shape index (κ1) is 19.1. The number of fused-ring (bicyclic) bond motifs is 2. The lowest BCUT2D eigenvalue weighted by molar-refractivity contribution is -0.128. The highest BCUT2D eigenvalue weighted by atomic mass is 16.3. The highest BCUT2D eigenvalue weighted by Crippen LogP contribution is 2.45. The number of rotatable bonds is 3. The van der Waals surface area contributed by atoms with Gasteiger partial charge in [-0.25, -0.2) is 0 Å². The van der Waals surface area contributed by atoms with Gasteiger partial charge in [0.15, 0.2) is 0 Å². The summed E-state index contributed by atoms with van der Waals surface area (Å²) >= 11 is 0. The molecule has 1 saturated carbocycles. The van der Waals surface area contributed by atoms with Crippen LogP contribution in [0.2, 0.25) is 0 Å². The highest BCUT2D eigenvalue weighted by molar-refractivity contribution is 5.89. The van der Waals surface area contributed by atoms with Gasteiger partial charge in [0.25, 0.3) is 0 Å². The third kappa shape index (κ3) is 3.10. The average molecular weight is 396 g/mol. The van der Waals surface area contributed by atoms with E-state index in [1.807, 2.05) is 0 Å². The molecule has 1 aromatic carbocycles. The second-order valence-corrected chi connectivity index (χ2v) is 9.76. The number of nitrogens with one attached hydrogen (secondary N) is 1. The molecule has 0 spiro atoms. The molecule has 2 fully saturated rings. The van der Waals surface area contributed by atoms with Gasteiger partial charge in [-0.2, -0.15) is 0 Å². The van der Waals surface area contributed by atoms with Crippen molar-refractivity contribution in [2.45, 2.75) is 76.1 Å². The van der Waals surface area contributed by atoms with E-state index in [-0.39, 0.29) is 24.0 Å². The van der Waals surface area contributed by atoms with E-state index in [4.69, 9.17) is 0 Å². The van der Waals surface area contributed by atoms with E-state index in [0.29, 0.717) is 18.0 Å². The minimum absolute atomic E-state index is 0.0157.